The second kappa shape index (κ2) is 17.3. The van der Waals surface area contributed by atoms with E-state index in [1.807, 2.05) is 0 Å². The number of carbonyl (C=O) groups excluding carboxylic acids is 2. The van der Waals surface area contributed by atoms with Crippen LogP contribution < -0.4 is 9.44 Å². The fraction of sp³-hybridized carbons (Fsp3) is 0.857. The number of carbonyl (C=O) groups is 2. The van der Waals surface area contributed by atoms with Crippen LogP contribution in [0.3, 0.4) is 0 Å². The van der Waals surface area contributed by atoms with Gasteiger partial charge in [-0.1, -0.05) is 47.3 Å². The Bertz CT molecular complexity index is 647. The van der Waals surface area contributed by atoms with Crippen LogP contribution in [-0.4, -0.2) is 53.7 Å². The number of rotatable bonds is 17. The van der Waals surface area contributed by atoms with Crippen LogP contribution in [0.5, 0.6) is 0 Å². The summed E-state index contributed by atoms with van der Waals surface area (Å²) in [6.07, 6.45) is 4.98. The average Bonchev–Trinajstić information content (AvgIpc) is 2.58. The van der Waals surface area contributed by atoms with Gasteiger partial charge >= 0.3 is 30.7 Å². The summed E-state index contributed by atoms with van der Waals surface area (Å²) in [4.78, 5) is 22.0. The molecule has 0 bridgehead atoms. The Morgan fingerprint density at radius 3 is 1.30 bits per heavy atom. The van der Waals surface area contributed by atoms with Gasteiger partial charge in [0, 0.05) is 32.9 Å². The van der Waals surface area contributed by atoms with Crippen molar-refractivity contribution in [1.82, 2.24) is 9.44 Å². The fourth-order valence-corrected chi connectivity index (χ4v) is 5.13. The Labute approximate surface area is 194 Å². The predicted octanol–water partition coefficient (Wildman–Crippen LogP) is 3.91. The summed E-state index contributed by atoms with van der Waals surface area (Å²) in [7, 11) is 5.08. The summed E-state index contributed by atoms with van der Waals surface area (Å²) in [5, 5.41) is 0. The zero-order valence-electron chi connectivity index (χ0n) is 16.1. The number of hydrogen-bond donors (Lipinski definition) is 2. The molecule has 0 aliphatic heterocycles. The summed E-state index contributed by atoms with van der Waals surface area (Å²) in [6.45, 7) is 0.281. The number of amides is 2. The van der Waals surface area contributed by atoms with Crippen LogP contribution in [0.4, 0.5) is 9.59 Å². The third kappa shape index (κ3) is 24.0. The molecule has 0 spiro atoms. The molecule has 16 heteroatoms. The van der Waals surface area contributed by atoms with Gasteiger partial charge in [-0.2, -0.15) is 16.8 Å². The van der Waals surface area contributed by atoms with Crippen molar-refractivity contribution in [1.29, 1.82) is 0 Å². The van der Waals surface area contributed by atoms with E-state index < -0.39 is 30.7 Å². The van der Waals surface area contributed by atoms with Gasteiger partial charge in [-0.05, 0) is 25.7 Å². The van der Waals surface area contributed by atoms with Crippen molar-refractivity contribution in [3.05, 3.63) is 0 Å². The lowest BCUT2D eigenvalue weighted by molar-refractivity contribution is 0.149. The lowest BCUT2D eigenvalue weighted by Gasteiger charge is -2.05. The van der Waals surface area contributed by atoms with Crippen LogP contribution in [0.1, 0.15) is 51.4 Å². The molecule has 0 atom stereocenters. The minimum atomic E-state index is -4.10. The van der Waals surface area contributed by atoms with Gasteiger partial charge in [-0.3, -0.25) is 0 Å². The van der Waals surface area contributed by atoms with Crippen molar-refractivity contribution in [2.24, 2.45) is 0 Å². The van der Waals surface area contributed by atoms with Gasteiger partial charge in [0.1, 0.15) is 0 Å². The molecule has 10 nitrogen and oxygen atoms in total. The van der Waals surface area contributed by atoms with Crippen molar-refractivity contribution in [3.8, 4) is 0 Å². The zero-order chi connectivity index (χ0) is 22.9. The van der Waals surface area contributed by atoms with Crippen molar-refractivity contribution < 1.29 is 35.9 Å². The van der Waals surface area contributed by atoms with Gasteiger partial charge in [0.2, 0.25) is 0 Å². The highest BCUT2D eigenvalue weighted by molar-refractivity contribution is 8.76. The monoisotopic (exact) mass is 548 g/mol. The molecule has 0 aromatic carbocycles. The molecule has 30 heavy (non-hydrogen) atoms. The largest absolute Gasteiger partial charge is 0.449 e. The van der Waals surface area contributed by atoms with Crippen LogP contribution in [0.2, 0.25) is 0 Å². The molecule has 0 aromatic rings. The summed E-state index contributed by atoms with van der Waals surface area (Å²) >= 11 is 0. The molecular weight excluding hydrogens is 523 g/mol. The Kier molecular flexibility index (Phi) is 17.1. The van der Waals surface area contributed by atoms with E-state index in [0.717, 1.165) is 50.0 Å². The lowest BCUT2D eigenvalue weighted by atomic mass is 10.2. The van der Waals surface area contributed by atoms with Gasteiger partial charge < -0.3 is 9.47 Å². The molecular formula is C14H26Cl2N2O8S4. The smallest absolute Gasteiger partial charge is 0.421 e. The third-order valence-corrected chi connectivity index (χ3v) is 7.07. The first-order valence-corrected chi connectivity index (χ1v) is 16.1. The quantitative estimate of drug-likeness (QED) is 0.156. The van der Waals surface area contributed by atoms with E-state index in [0.29, 0.717) is 12.8 Å². The summed E-state index contributed by atoms with van der Waals surface area (Å²) in [5.41, 5.74) is 0. The summed E-state index contributed by atoms with van der Waals surface area (Å²) in [6, 6.07) is 0. The fourth-order valence-electron chi connectivity index (χ4n) is 1.94. The Morgan fingerprint density at radius 2 is 0.967 bits per heavy atom. The standard InChI is InChI=1S/C14H26Cl2N2O8S4/c15-29(21,22)17-13(19)25-9-5-1-3-7-11-27-28-12-8-4-2-6-10-26-14(20)18-30(16,23)24/h1-12H2,(H,17,19)(H,18,20). The van der Waals surface area contributed by atoms with Crippen LogP contribution in [0.25, 0.3) is 0 Å². The predicted molar refractivity (Wildman–Crippen MR) is 120 cm³/mol. The molecule has 0 unspecified atom stereocenters. The third-order valence-electron chi connectivity index (χ3n) is 3.20. The first kappa shape index (κ1) is 29.7. The first-order valence-electron chi connectivity index (χ1n) is 9.02. The van der Waals surface area contributed by atoms with Crippen LogP contribution in [0, 0.1) is 0 Å². The second-order valence-corrected chi connectivity index (χ2v) is 13.1. The number of halogens is 2. The zero-order valence-corrected chi connectivity index (χ0v) is 20.9. The Balaban J connectivity index is 3.28. The van der Waals surface area contributed by atoms with E-state index in [-0.39, 0.29) is 13.2 Å². The van der Waals surface area contributed by atoms with Crippen LogP contribution >= 0.6 is 43.0 Å². The van der Waals surface area contributed by atoms with Gasteiger partial charge in [-0.15, -0.1) is 0 Å². The summed E-state index contributed by atoms with van der Waals surface area (Å²) in [5.74, 6) is 2.03. The normalized spacial score (nSPS) is 11.7. The van der Waals surface area contributed by atoms with Crippen LogP contribution in [-0.2, 0) is 27.9 Å². The van der Waals surface area contributed by atoms with Gasteiger partial charge in [0.05, 0.1) is 13.2 Å². The van der Waals surface area contributed by atoms with Crippen LogP contribution in [0.15, 0.2) is 0 Å². The molecule has 2 N–H and O–H groups in total. The van der Waals surface area contributed by atoms with E-state index in [4.69, 9.17) is 21.4 Å². The van der Waals surface area contributed by atoms with E-state index in [9.17, 15) is 26.4 Å². The Morgan fingerprint density at radius 1 is 0.633 bits per heavy atom. The second-order valence-electron chi connectivity index (χ2n) is 5.82. The van der Waals surface area contributed by atoms with E-state index >= 15 is 0 Å². The number of hydrogen-bond acceptors (Lipinski definition) is 10. The molecule has 0 aromatic heterocycles. The molecule has 178 valence electrons. The number of ether oxygens (including phenoxy) is 2. The first-order chi connectivity index (χ1) is 14.0. The molecule has 0 heterocycles. The SMILES string of the molecule is O=C(NS(=O)(=O)Cl)OCCCCCCSSCCCCCCOC(=O)NS(=O)(=O)Cl. The molecule has 0 aliphatic rings. The molecule has 0 rings (SSSR count). The molecule has 0 aliphatic carbocycles. The Hall–Kier alpha value is -0.280. The number of unbranched alkanes of at least 4 members (excludes halogenated alkanes) is 6. The molecule has 0 fully saturated rings. The van der Waals surface area contributed by atoms with E-state index in [1.54, 1.807) is 21.6 Å². The lowest BCUT2D eigenvalue weighted by Crippen LogP contribution is -2.27. The van der Waals surface area contributed by atoms with Crippen molar-refractivity contribution in [2.75, 3.05) is 24.7 Å². The molecule has 0 saturated carbocycles. The van der Waals surface area contributed by atoms with E-state index in [1.165, 1.54) is 9.44 Å². The van der Waals surface area contributed by atoms with Gasteiger partial charge in [0.15, 0.2) is 0 Å². The van der Waals surface area contributed by atoms with E-state index in [2.05, 4.69) is 9.47 Å². The molecule has 0 saturated heterocycles. The highest BCUT2D eigenvalue weighted by Gasteiger charge is 2.11. The van der Waals surface area contributed by atoms with Crippen molar-refractivity contribution in [2.45, 2.75) is 51.4 Å². The number of nitrogens with one attached hydrogen (secondary N) is 2. The minimum absolute atomic E-state index is 0.141. The molecule has 2 amide bonds. The maximum Gasteiger partial charge on any atom is 0.421 e. The highest BCUT2D eigenvalue weighted by atomic mass is 35.7. The van der Waals surface area contributed by atoms with Crippen molar-refractivity contribution in [3.63, 3.8) is 0 Å². The average molecular weight is 550 g/mol. The van der Waals surface area contributed by atoms with Gasteiger partial charge in [0.25, 0.3) is 0 Å². The maximum atomic E-state index is 11.0. The topological polar surface area (TPSA) is 145 Å². The maximum absolute atomic E-state index is 11.0. The minimum Gasteiger partial charge on any atom is -0.449 e. The molecule has 0 radical (unpaired) electrons. The van der Waals surface area contributed by atoms with Gasteiger partial charge in [-0.25, -0.2) is 19.0 Å². The van der Waals surface area contributed by atoms with Crippen molar-refractivity contribution >= 4 is 73.6 Å². The summed E-state index contributed by atoms with van der Waals surface area (Å²) < 4.78 is 54.7. The highest BCUT2D eigenvalue weighted by Crippen LogP contribution is 2.24.